The van der Waals surface area contributed by atoms with Gasteiger partial charge in [-0.3, -0.25) is 10.1 Å². The van der Waals surface area contributed by atoms with Gasteiger partial charge in [0.15, 0.2) is 10.4 Å². The lowest BCUT2D eigenvalue weighted by Crippen LogP contribution is -2.32. The summed E-state index contributed by atoms with van der Waals surface area (Å²) in [6.07, 6.45) is 1.80. The summed E-state index contributed by atoms with van der Waals surface area (Å²) in [5.74, 6) is 1.28. The summed E-state index contributed by atoms with van der Waals surface area (Å²) in [5.41, 5.74) is 2.18. The van der Waals surface area contributed by atoms with Crippen LogP contribution in [0.2, 0.25) is 0 Å². The van der Waals surface area contributed by atoms with Crippen LogP contribution >= 0.6 is 23.1 Å². The first-order chi connectivity index (χ1) is 11.5. The average Bonchev–Trinajstić information content (AvgIpc) is 3.01. The Hall–Kier alpha value is -1.86. The number of nitrogens with zero attached hydrogens (tertiary/aromatic N) is 2. The number of ether oxygens (including phenoxy) is 1. The molecule has 0 saturated heterocycles. The van der Waals surface area contributed by atoms with Gasteiger partial charge < -0.3 is 4.74 Å². The van der Waals surface area contributed by atoms with Crippen molar-refractivity contribution in [1.29, 1.82) is 0 Å². The topological polar surface area (TPSA) is 64.1 Å². The minimum absolute atomic E-state index is 0.213. The molecule has 0 aliphatic rings. The van der Waals surface area contributed by atoms with Gasteiger partial charge in [-0.05, 0) is 37.5 Å². The van der Waals surface area contributed by atoms with Crippen molar-refractivity contribution >= 4 is 34.1 Å². The molecule has 1 N–H and O–H groups in total. The number of rotatable bonds is 8. The van der Waals surface area contributed by atoms with Gasteiger partial charge in [-0.2, -0.15) is 0 Å². The summed E-state index contributed by atoms with van der Waals surface area (Å²) in [6.45, 7) is 9.60. The van der Waals surface area contributed by atoms with Crippen LogP contribution in [0.15, 0.2) is 35.2 Å². The van der Waals surface area contributed by atoms with Crippen LogP contribution in [0.5, 0.6) is 5.75 Å². The Kier molecular flexibility index (Phi) is 6.81. The third kappa shape index (κ3) is 4.82. The Labute approximate surface area is 150 Å². The van der Waals surface area contributed by atoms with Gasteiger partial charge in [0.1, 0.15) is 5.75 Å². The highest BCUT2D eigenvalue weighted by atomic mass is 32.2. The van der Waals surface area contributed by atoms with Crippen LogP contribution in [-0.4, -0.2) is 28.0 Å². The SMILES string of the molecule is C=CCSc1nnc(NC(=O)[C@@H](CC)Oc2cccc(C)c2C)s1. The van der Waals surface area contributed by atoms with Crippen LogP contribution < -0.4 is 10.1 Å². The zero-order valence-electron chi connectivity index (χ0n) is 14.0. The van der Waals surface area contributed by atoms with Gasteiger partial charge in [-0.25, -0.2) is 0 Å². The zero-order chi connectivity index (χ0) is 17.5. The smallest absolute Gasteiger partial charge is 0.267 e. The monoisotopic (exact) mass is 363 g/mol. The first-order valence-corrected chi connectivity index (χ1v) is 9.46. The Morgan fingerprint density at radius 2 is 2.25 bits per heavy atom. The van der Waals surface area contributed by atoms with E-state index in [-0.39, 0.29) is 5.91 Å². The first kappa shape index (κ1) is 18.5. The standard InChI is InChI=1S/C17H21N3O2S2/c1-5-10-23-17-20-19-16(24-17)18-15(21)13(6-2)22-14-9-7-8-11(3)12(14)4/h5,7-9,13H,1,6,10H2,2-4H3,(H,18,19,21)/t13-/m1/s1. The molecule has 0 fully saturated rings. The van der Waals surface area contributed by atoms with Gasteiger partial charge >= 0.3 is 0 Å². The Morgan fingerprint density at radius 1 is 1.46 bits per heavy atom. The van der Waals surface area contributed by atoms with E-state index in [0.717, 1.165) is 27.0 Å². The number of aryl methyl sites for hydroxylation is 1. The molecule has 1 aromatic heterocycles. The minimum Gasteiger partial charge on any atom is -0.480 e. The van der Waals surface area contributed by atoms with Gasteiger partial charge in [0.2, 0.25) is 5.13 Å². The maximum atomic E-state index is 12.4. The number of aromatic nitrogens is 2. The van der Waals surface area contributed by atoms with Gasteiger partial charge in [0.05, 0.1) is 0 Å². The van der Waals surface area contributed by atoms with Crippen molar-refractivity contribution in [3.63, 3.8) is 0 Å². The Balaban J connectivity index is 2.02. The molecule has 2 rings (SSSR count). The second-order valence-electron chi connectivity index (χ2n) is 5.17. The number of nitrogens with one attached hydrogen (secondary N) is 1. The number of anilines is 1. The fraction of sp³-hybridized carbons (Fsp3) is 0.353. The van der Waals surface area contributed by atoms with Crippen molar-refractivity contribution < 1.29 is 9.53 Å². The van der Waals surface area contributed by atoms with Gasteiger partial charge in [-0.15, -0.1) is 16.8 Å². The van der Waals surface area contributed by atoms with Gasteiger partial charge in [0.25, 0.3) is 5.91 Å². The summed E-state index contributed by atoms with van der Waals surface area (Å²) in [7, 11) is 0. The van der Waals surface area contributed by atoms with E-state index in [2.05, 4.69) is 22.1 Å². The lowest BCUT2D eigenvalue weighted by Gasteiger charge is -2.18. The molecule has 1 aromatic carbocycles. The van der Waals surface area contributed by atoms with Crippen molar-refractivity contribution in [3.8, 4) is 5.75 Å². The molecule has 24 heavy (non-hydrogen) atoms. The fourth-order valence-electron chi connectivity index (χ4n) is 1.96. The third-order valence-electron chi connectivity index (χ3n) is 3.45. The van der Waals surface area contributed by atoms with E-state index >= 15 is 0 Å². The zero-order valence-corrected chi connectivity index (χ0v) is 15.7. The molecule has 0 aliphatic heterocycles. The summed E-state index contributed by atoms with van der Waals surface area (Å²) in [5, 5.41) is 11.3. The summed E-state index contributed by atoms with van der Waals surface area (Å²) in [6, 6.07) is 5.83. The highest BCUT2D eigenvalue weighted by Gasteiger charge is 2.21. The van der Waals surface area contributed by atoms with E-state index in [1.165, 1.54) is 23.1 Å². The van der Waals surface area contributed by atoms with Gasteiger partial charge in [-0.1, -0.05) is 48.2 Å². The molecule has 0 bridgehead atoms. The molecular weight excluding hydrogens is 342 g/mol. The Bertz CT molecular complexity index is 716. The largest absolute Gasteiger partial charge is 0.480 e. The molecule has 1 atom stereocenters. The normalized spacial score (nSPS) is 11.8. The molecule has 1 amide bonds. The maximum absolute atomic E-state index is 12.4. The molecule has 0 radical (unpaired) electrons. The number of amides is 1. The number of carbonyl (C=O) groups excluding carboxylic acids is 1. The summed E-state index contributed by atoms with van der Waals surface area (Å²) in [4.78, 5) is 12.4. The fourth-order valence-corrected chi connectivity index (χ4v) is 3.48. The maximum Gasteiger partial charge on any atom is 0.267 e. The number of benzene rings is 1. The van der Waals surface area contributed by atoms with E-state index in [0.29, 0.717) is 11.6 Å². The molecule has 0 aliphatic carbocycles. The second-order valence-corrected chi connectivity index (χ2v) is 7.42. The molecule has 1 heterocycles. The van der Waals surface area contributed by atoms with Crippen LogP contribution in [0.1, 0.15) is 24.5 Å². The van der Waals surface area contributed by atoms with E-state index in [1.54, 1.807) is 6.08 Å². The van der Waals surface area contributed by atoms with E-state index in [4.69, 9.17) is 4.74 Å². The minimum atomic E-state index is -0.571. The number of hydrogen-bond acceptors (Lipinski definition) is 6. The molecule has 0 saturated carbocycles. The molecular formula is C17H21N3O2S2. The third-order valence-corrected chi connectivity index (χ3v) is 5.42. The highest BCUT2D eigenvalue weighted by Crippen LogP contribution is 2.26. The highest BCUT2D eigenvalue weighted by molar-refractivity contribution is 8.01. The second kappa shape index (κ2) is 8.84. The average molecular weight is 364 g/mol. The van der Waals surface area contributed by atoms with Crippen LogP contribution in [0.25, 0.3) is 0 Å². The van der Waals surface area contributed by atoms with E-state index in [9.17, 15) is 4.79 Å². The van der Waals surface area contributed by atoms with Crippen LogP contribution in [0, 0.1) is 13.8 Å². The van der Waals surface area contributed by atoms with E-state index < -0.39 is 6.10 Å². The molecule has 5 nitrogen and oxygen atoms in total. The van der Waals surface area contributed by atoms with Crippen molar-refractivity contribution in [1.82, 2.24) is 10.2 Å². The van der Waals surface area contributed by atoms with Gasteiger partial charge in [0, 0.05) is 5.75 Å². The molecule has 7 heteroatoms. The summed E-state index contributed by atoms with van der Waals surface area (Å²) < 4.78 is 6.71. The van der Waals surface area contributed by atoms with Crippen LogP contribution in [0.4, 0.5) is 5.13 Å². The molecule has 0 unspecified atom stereocenters. The van der Waals surface area contributed by atoms with Crippen molar-refractivity contribution in [2.45, 2.75) is 37.6 Å². The quantitative estimate of drug-likeness (QED) is 0.432. The first-order valence-electron chi connectivity index (χ1n) is 7.66. The summed E-state index contributed by atoms with van der Waals surface area (Å²) >= 11 is 2.88. The molecule has 2 aromatic rings. The van der Waals surface area contributed by atoms with Crippen molar-refractivity contribution in [3.05, 3.63) is 42.0 Å². The number of thioether (sulfide) groups is 1. The van der Waals surface area contributed by atoms with Crippen molar-refractivity contribution in [2.24, 2.45) is 0 Å². The lowest BCUT2D eigenvalue weighted by molar-refractivity contribution is -0.122. The molecule has 0 spiro atoms. The predicted molar refractivity (Wildman–Crippen MR) is 100 cm³/mol. The van der Waals surface area contributed by atoms with Crippen LogP contribution in [-0.2, 0) is 4.79 Å². The van der Waals surface area contributed by atoms with E-state index in [1.807, 2.05) is 39.0 Å². The predicted octanol–water partition coefficient (Wildman–Crippen LogP) is 4.23. The Morgan fingerprint density at radius 3 is 2.96 bits per heavy atom. The number of hydrogen-bond donors (Lipinski definition) is 1. The van der Waals surface area contributed by atoms with Crippen LogP contribution in [0.3, 0.4) is 0 Å². The lowest BCUT2D eigenvalue weighted by atomic mass is 10.1. The van der Waals surface area contributed by atoms with Crippen molar-refractivity contribution in [2.75, 3.05) is 11.1 Å². The number of carbonyl (C=O) groups is 1. The molecule has 128 valence electrons.